The van der Waals surface area contributed by atoms with Gasteiger partial charge in [-0.2, -0.15) is 0 Å². The van der Waals surface area contributed by atoms with Gasteiger partial charge in [-0.05, 0) is 44.2 Å². The number of rotatable bonds is 3. The molecule has 18 heavy (non-hydrogen) atoms. The van der Waals surface area contributed by atoms with E-state index in [1.165, 1.54) is 0 Å². The lowest BCUT2D eigenvalue weighted by Gasteiger charge is -2.27. The van der Waals surface area contributed by atoms with Crippen LogP contribution >= 0.6 is 0 Å². The molecule has 1 saturated carbocycles. The molecule has 0 aliphatic heterocycles. The Morgan fingerprint density at radius 2 is 2.00 bits per heavy atom. The Labute approximate surface area is 107 Å². The Balaban J connectivity index is 2.12. The first kappa shape index (κ1) is 12.8. The van der Waals surface area contributed by atoms with Crippen LogP contribution in [0.4, 0.5) is 11.4 Å². The quantitative estimate of drug-likeness (QED) is 0.637. The predicted octanol–water partition coefficient (Wildman–Crippen LogP) is 2.59. The Bertz CT molecular complexity index is 440. The summed E-state index contributed by atoms with van der Waals surface area (Å²) in [5.74, 6) is 0. The van der Waals surface area contributed by atoms with Crippen molar-refractivity contribution in [3.8, 4) is 0 Å². The number of nitrogens with zero attached hydrogens (tertiary/aromatic N) is 1. The van der Waals surface area contributed by atoms with Crippen molar-refractivity contribution in [1.82, 2.24) is 0 Å². The third kappa shape index (κ3) is 2.98. The van der Waals surface area contributed by atoms with Gasteiger partial charge in [0.05, 0.1) is 4.92 Å². The van der Waals surface area contributed by atoms with Crippen LogP contribution < -0.4 is 11.1 Å². The van der Waals surface area contributed by atoms with Crippen LogP contribution in [-0.4, -0.2) is 17.0 Å². The number of nitrogens with two attached hydrogens (primary N) is 1. The van der Waals surface area contributed by atoms with Crippen LogP contribution in [0.25, 0.3) is 0 Å². The fourth-order valence-corrected chi connectivity index (χ4v) is 2.41. The van der Waals surface area contributed by atoms with Gasteiger partial charge in [0, 0.05) is 18.2 Å². The van der Waals surface area contributed by atoms with Gasteiger partial charge in [0.25, 0.3) is 5.69 Å². The van der Waals surface area contributed by atoms with E-state index < -0.39 is 0 Å². The van der Waals surface area contributed by atoms with Crippen molar-refractivity contribution in [3.05, 3.63) is 33.9 Å². The highest BCUT2D eigenvalue weighted by Crippen LogP contribution is 2.28. The molecule has 3 N–H and O–H groups in total. The van der Waals surface area contributed by atoms with Crippen molar-refractivity contribution in [3.63, 3.8) is 0 Å². The summed E-state index contributed by atoms with van der Waals surface area (Å²) in [6.07, 6.45) is 3.92. The molecule has 98 valence electrons. The van der Waals surface area contributed by atoms with Gasteiger partial charge in [-0.3, -0.25) is 10.1 Å². The van der Waals surface area contributed by atoms with Crippen LogP contribution in [-0.2, 0) is 0 Å². The summed E-state index contributed by atoms with van der Waals surface area (Å²) in [5, 5.41) is 14.3. The second-order valence-corrected chi connectivity index (χ2v) is 5.03. The molecule has 0 heterocycles. The van der Waals surface area contributed by atoms with Crippen molar-refractivity contribution in [1.29, 1.82) is 0 Å². The molecule has 0 atom stereocenters. The highest BCUT2D eigenvalue weighted by atomic mass is 16.6. The van der Waals surface area contributed by atoms with E-state index in [1.807, 2.05) is 13.0 Å². The van der Waals surface area contributed by atoms with Gasteiger partial charge < -0.3 is 11.1 Å². The van der Waals surface area contributed by atoms with Crippen molar-refractivity contribution in [2.75, 3.05) is 5.32 Å². The number of hydrogen-bond acceptors (Lipinski definition) is 4. The first-order chi connectivity index (χ1) is 8.56. The maximum Gasteiger partial charge on any atom is 0.292 e. The summed E-state index contributed by atoms with van der Waals surface area (Å²) in [6, 6.07) is 5.75. The summed E-state index contributed by atoms with van der Waals surface area (Å²) in [5.41, 5.74) is 7.65. The Hall–Kier alpha value is -1.62. The van der Waals surface area contributed by atoms with E-state index in [1.54, 1.807) is 12.1 Å². The number of nitro groups is 1. The van der Waals surface area contributed by atoms with Gasteiger partial charge in [0.2, 0.25) is 0 Å². The van der Waals surface area contributed by atoms with Crippen LogP contribution in [0, 0.1) is 17.0 Å². The third-order valence-corrected chi connectivity index (χ3v) is 3.48. The molecule has 0 aromatic heterocycles. The molecular weight excluding hydrogens is 230 g/mol. The standard InChI is InChI=1S/C13H19N3O2/c1-9-2-7-13(16(17)18)12(8-9)15-11-5-3-10(14)4-6-11/h2,7-8,10-11,15H,3-6,14H2,1H3. The molecule has 0 amide bonds. The smallest absolute Gasteiger partial charge is 0.292 e. The van der Waals surface area contributed by atoms with E-state index in [0.29, 0.717) is 11.7 Å². The first-order valence-corrected chi connectivity index (χ1v) is 6.33. The van der Waals surface area contributed by atoms with Crippen LogP contribution in [0.15, 0.2) is 18.2 Å². The van der Waals surface area contributed by atoms with Crippen LogP contribution in [0.3, 0.4) is 0 Å². The topological polar surface area (TPSA) is 81.2 Å². The summed E-state index contributed by atoms with van der Waals surface area (Å²) in [6.45, 7) is 1.94. The number of nitro benzene ring substituents is 1. The zero-order valence-corrected chi connectivity index (χ0v) is 10.6. The second kappa shape index (κ2) is 5.35. The maximum atomic E-state index is 11.0. The molecule has 5 heteroatoms. The molecule has 5 nitrogen and oxygen atoms in total. The zero-order valence-electron chi connectivity index (χ0n) is 10.6. The minimum atomic E-state index is -0.337. The maximum absolute atomic E-state index is 11.0. The fraction of sp³-hybridized carbons (Fsp3) is 0.538. The first-order valence-electron chi connectivity index (χ1n) is 6.33. The molecule has 1 fully saturated rings. The molecule has 0 spiro atoms. The molecule has 0 unspecified atom stereocenters. The van der Waals surface area contributed by atoms with Gasteiger partial charge >= 0.3 is 0 Å². The Morgan fingerprint density at radius 1 is 1.33 bits per heavy atom. The molecule has 1 aromatic carbocycles. The van der Waals surface area contributed by atoms with Gasteiger partial charge in [-0.25, -0.2) is 0 Å². The highest BCUT2D eigenvalue weighted by Gasteiger charge is 2.21. The van der Waals surface area contributed by atoms with Crippen molar-refractivity contribution < 1.29 is 4.92 Å². The predicted molar refractivity (Wildman–Crippen MR) is 71.7 cm³/mol. The molecule has 0 bridgehead atoms. The molecule has 2 rings (SSSR count). The second-order valence-electron chi connectivity index (χ2n) is 5.03. The number of hydrogen-bond donors (Lipinski definition) is 2. The number of aryl methyl sites for hydroxylation is 1. The normalized spacial score (nSPS) is 23.7. The summed E-state index contributed by atoms with van der Waals surface area (Å²) in [7, 11) is 0. The van der Waals surface area contributed by atoms with Crippen LogP contribution in [0.5, 0.6) is 0 Å². The Morgan fingerprint density at radius 3 is 2.61 bits per heavy atom. The van der Waals surface area contributed by atoms with E-state index >= 15 is 0 Å². The number of anilines is 1. The molecule has 1 aliphatic rings. The molecule has 0 saturated heterocycles. The Kier molecular flexibility index (Phi) is 3.81. The van der Waals surface area contributed by atoms with Gasteiger partial charge in [0.1, 0.15) is 5.69 Å². The lowest BCUT2D eigenvalue weighted by atomic mass is 9.91. The summed E-state index contributed by atoms with van der Waals surface area (Å²) in [4.78, 5) is 10.6. The number of nitrogens with one attached hydrogen (secondary N) is 1. The molecule has 1 aromatic rings. The fourth-order valence-electron chi connectivity index (χ4n) is 2.41. The van der Waals surface area contributed by atoms with E-state index in [9.17, 15) is 10.1 Å². The lowest BCUT2D eigenvalue weighted by Crippen LogP contribution is -2.32. The molecule has 1 aliphatic carbocycles. The minimum absolute atomic E-state index is 0.149. The number of benzene rings is 1. The van der Waals surface area contributed by atoms with E-state index in [4.69, 9.17) is 5.73 Å². The van der Waals surface area contributed by atoms with E-state index in [-0.39, 0.29) is 16.7 Å². The molecular formula is C13H19N3O2. The van der Waals surface area contributed by atoms with Crippen molar-refractivity contribution in [2.45, 2.75) is 44.7 Å². The summed E-state index contributed by atoms with van der Waals surface area (Å²) < 4.78 is 0. The third-order valence-electron chi connectivity index (χ3n) is 3.48. The van der Waals surface area contributed by atoms with Crippen LogP contribution in [0.2, 0.25) is 0 Å². The average Bonchev–Trinajstić information content (AvgIpc) is 2.32. The van der Waals surface area contributed by atoms with Crippen LogP contribution in [0.1, 0.15) is 31.2 Å². The van der Waals surface area contributed by atoms with Gasteiger partial charge in [0.15, 0.2) is 0 Å². The SMILES string of the molecule is Cc1ccc([N+](=O)[O-])c(NC2CCC(N)CC2)c1. The zero-order chi connectivity index (χ0) is 13.1. The van der Waals surface area contributed by atoms with Gasteiger partial charge in [-0.1, -0.05) is 6.07 Å². The minimum Gasteiger partial charge on any atom is -0.377 e. The molecule has 0 radical (unpaired) electrons. The largest absolute Gasteiger partial charge is 0.377 e. The van der Waals surface area contributed by atoms with Crippen molar-refractivity contribution >= 4 is 11.4 Å². The van der Waals surface area contributed by atoms with E-state index in [0.717, 1.165) is 31.2 Å². The van der Waals surface area contributed by atoms with Gasteiger partial charge in [-0.15, -0.1) is 0 Å². The monoisotopic (exact) mass is 249 g/mol. The highest BCUT2D eigenvalue weighted by molar-refractivity contribution is 5.63. The summed E-state index contributed by atoms with van der Waals surface area (Å²) >= 11 is 0. The van der Waals surface area contributed by atoms with Crippen molar-refractivity contribution in [2.24, 2.45) is 5.73 Å². The van der Waals surface area contributed by atoms with E-state index in [2.05, 4.69) is 5.32 Å². The average molecular weight is 249 g/mol. The lowest BCUT2D eigenvalue weighted by molar-refractivity contribution is -0.384.